The molecule has 3 N–H and O–H groups in total. The molecule has 5 heteroatoms. The second-order valence-electron chi connectivity index (χ2n) is 6.36. The van der Waals surface area contributed by atoms with Crippen LogP contribution in [0, 0.1) is 5.92 Å². The fraction of sp³-hybridized carbons (Fsp3) is 1.00. The maximum absolute atomic E-state index is 5.98. The molecule has 0 amide bonds. The molecule has 2 rings (SSSR count). The second-order valence-corrected chi connectivity index (χ2v) is 6.36. The predicted octanol–water partition coefficient (Wildman–Crippen LogP) is 3.03. The van der Waals surface area contributed by atoms with Crippen LogP contribution in [0.15, 0.2) is 10.3 Å². The molecule has 20 heavy (non-hydrogen) atoms. The third-order valence-electron chi connectivity index (χ3n) is 4.63. The van der Waals surface area contributed by atoms with Gasteiger partial charge < -0.3 is 5.32 Å². The van der Waals surface area contributed by atoms with Gasteiger partial charge >= 0.3 is 0 Å². The summed E-state index contributed by atoms with van der Waals surface area (Å²) in [7, 11) is 0. The first-order valence-corrected chi connectivity index (χ1v) is 8.48. The molecule has 1 saturated carbocycles. The average Bonchev–Trinajstić information content (AvgIpc) is 2.62. The molecule has 1 atom stereocenters. The van der Waals surface area contributed by atoms with Gasteiger partial charge in [-0.1, -0.05) is 43.7 Å². The smallest absolute Gasteiger partial charge is 0.0781 e. The van der Waals surface area contributed by atoms with Crippen LogP contribution in [0.2, 0.25) is 0 Å². The first kappa shape index (κ1) is 15.7. The summed E-state index contributed by atoms with van der Waals surface area (Å²) in [6.45, 7) is 2.89. The van der Waals surface area contributed by atoms with Crippen LogP contribution in [0.25, 0.3) is 0 Å². The average molecular weight is 281 g/mol. The first-order chi connectivity index (χ1) is 9.86. The lowest BCUT2D eigenvalue weighted by atomic mass is 9.97. The van der Waals surface area contributed by atoms with Gasteiger partial charge in [0.15, 0.2) is 0 Å². The molecule has 2 aliphatic rings. The van der Waals surface area contributed by atoms with Crippen molar-refractivity contribution in [2.24, 2.45) is 22.1 Å². The second kappa shape index (κ2) is 9.29. The molecule has 1 aliphatic carbocycles. The van der Waals surface area contributed by atoms with E-state index in [1.807, 2.05) is 0 Å². The highest BCUT2D eigenvalue weighted by atomic mass is 15.7. The van der Waals surface area contributed by atoms with Gasteiger partial charge in [0.25, 0.3) is 0 Å². The van der Waals surface area contributed by atoms with Crippen LogP contribution in [0.4, 0.5) is 0 Å². The van der Waals surface area contributed by atoms with Crippen LogP contribution in [-0.2, 0) is 0 Å². The maximum atomic E-state index is 5.98. The van der Waals surface area contributed by atoms with Crippen LogP contribution >= 0.6 is 0 Å². The van der Waals surface area contributed by atoms with Gasteiger partial charge in [-0.2, -0.15) is 5.11 Å². The van der Waals surface area contributed by atoms with Crippen molar-refractivity contribution in [3.8, 4) is 0 Å². The van der Waals surface area contributed by atoms with Gasteiger partial charge in [-0.25, -0.2) is 11.0 Å². The van der Waals surface area contributed by atoms with E-state index in [1.54, 1.807) is 5.12 Å². The number of hydrogen-bond donors (Lipinski definition) is 2. The van der Waals surface area contributed by atoms with Gasteiger partial charge in [-0.3, -0.25) is 0 Å². The summed E-state index contributed by atoms with van der Waals surface area (Å²) in [6, 6.07) is 0.313. The Labute approximate surface area is 123 Å². The van der Waals surface area contributed by atoms with Crippen molar-refractivity contribution in [2.75, 3.05) is 19.6 Å². The molecule has 1 saturated heterocycles. The molecule has 2 fully saturated rings. The minimum absolute atomic E-state index is 0.313. The van der Waals surface area contributed by atoms with E-state index in [0.717, 1.165) is 32.0 Å². The summed E-state index contributed by atoms with van der Waals surface area (Å²) in [5.74, 6) is 6.70. The molecule has 1 heterocycles. The number of hydrogen-bond acceptors (Lipinski definition) is 4. The summed E-state index contributed by atoms with van der Waals surface area (Å²) >= 11 is 0. The van der Waals surface area contributed by atoms with E-state index in [0.29, 0.717) is 6.04 Å². The highest BCUT2D eigenvalue weighted by Gasteiger charge is 2.17. The minimum Gasteiger partial charge on any atom is -0.315 e. The van der Waals surface area contributed by atoms with Gasteiger partial charge in [-0.05, 0) is 38.1 Å². The predicted molar refractivity (Wildman–Crippen MR) is 82.1 cm³/mol. The normalized spacial score (nSPS) is 26.9. The molecule has 0 aromatic carbocycles. The molecule has 0 spiro atoms. The van der Waals surface area contributed by atoms with Crippen LogP contribution in [-0.4, -0.2) is 30.8 Å². The third-order valence-corrected chi connectivity index (χ3v) is 4.63. The minimum atomic E-state index is 0.313. The monoisotopic (exact) mass is 281 g/mol. The molecule has 0 bridgehead atoms. The van der Waals surface area contributed by atoms with Gasteiger partial charge in [0.1, 0.15) is 0 Å². The Morgan fingerprint density at radius 1 is 0.950 bits per heavy atom. The SMILES string of the molecule is NN(N=NCC1CCCCCCCC1)C1CCCNC1. The molecular weight excluding hydrogens is 250 g/mol. The van der Waals surface area contributed by atoms with E-state index < -0.39 is 0 Å². The van der Waals surface area contributed by atoms with Gasteiger partial charge in [0.2, 0.25) is 0 Å². The molecule has 116 valence electrons. The van der Waals surface area contributed by atoms with Gasteiger partial charge in [-0.15, -0.1) is 0 Å². The van der Waals surface area contributed by atoms with Crippen molar-refractivity contribution in [1.82, 2.24) is 10.4 Å². The lowest BCUT2D eigenvalue weighted by Gasteiger charge is -2.27. The number of nitrogens with one attached hydrogen (secondary N) is 1. The van der Waals surface area contributed by atoms with Crippen LogP contribution < -0.4 is 11.2 Å². The number of nitrogens with zero attached hydrogens (tertiary/aromatic N) is 3. The van der Waals surface area contributed by atoms with E-state index in [4.69, 9.17) is 5.84 Å². The van der Waals surface area contributed by atoms with Gasteiger partial charge in [0, 0.05) is 6.54 Å². The largest absolute Gasteiger partial charge is 0.315 e. The highest BCUT2D eigenvalue weighted by Crippen LogP contribution is 2.22. The number of rotatable bonds is 4. The van der Waals surface area contributed by atoms with E-state index in [9.17, 15) is 0 Å². The molecule has 1 aliphatic heterocycles. The molecule has 1 unspecified atom stereocenters. The van der Waals surface area contributed by atoms with Gasteiger partial charge in [0.05, 0.1) is 12.6 Å². The van der Waals surface area contributed by atoms with Crippen molar-refractivity contribution < 1.29 is 0 Å². The van der Waals surface area contributed by atoms with E-state index in [2.05, 4.69) is 15.7 Å². The quantitative estimate of drug-likeness (QED) is 0.473. The summed E-state index contributed by atoms with van der Waals surface area (Å²) in [6.07, 6.45) is 13.3. The summed E-state index contributed by atoms with van der Waals surface area (Å²) in [4.78, 5) is 0. The van der Waals surface area contributed by atoms with Crippen LogP contribution in [0.3, 0.4) is 0 Å². The van der Waals surface area contributed by atoms with E-state index in [1.165, 1.54) is 57.8 Å². The van der Waals surface area contributed by atoms with E-state index in [-0.39, 0.29) is 0 Å². The third kappa shape index (κ3) is 5.75. The molecule has 0 radical (unpaired) electrons. The Kier molecular flexibility index (Phi) is 7.30. The highest BCUT2D eigenvalue weighted by molar-refractivity contribution is 4.73. The molecular formula is C15H31N5. The zero-order chi connectivity index (χ0) is 14.0. The zero-order valence-corrected chi connectivity index (χ0v) is 12.8. The number of nitrogens with two attached hydrogens (primary N) is 1. The Hall–Kier alpha value is -0.680. The van der Waals surface area contributed by atoms with Crippen molar-refractivity contribution in [3.05, 3.63) is 0 Å². The molecule has 0 aromatic heterocycles. The number of piperidine rings is 1. The Morgan fingerprint density at radius 3 is 2.30 bits per heavy atom. The van der Waals surface area contributed by atoms with Crippen molar-refractivity contribution in [3.63, 3.8) is 0 Å². The standard InChI is InChI=1S/C15H31N5/c16-20(15-10-7-11-17-13-15)19-18-12-14-8-5-3-1-2-4-6-9-14/h14-15,17H,1-13,16H2. The molecule has 0 aromatic rings. The summed E-state index contributed by atoms with van der Waals surface area (Å²) in [5.41, 5.74) is 0. The first-order valence-electron chi connectivity index (χ1n) is 8.48. The summed E-state index contributed by atoms with van der Waals surface area (Å²) in [5, 5.41) is 13.5. The lowest BCUT2D eigenvalue weighted by Crippen LogP contribution is -2.46. The number of hydrazine groups is 1. The van der Waals surface area contributed by atoms with Crippen LogP contribution in [0.1, 0.15) is 64.2 Å². The fourth-order valence-electron chi connectivity index (χ4n) is 3.26. The Balaban J connectivity index is 1.69. The summed E-state index contributed by atoms with van der Waals surface area (Å²) < 4.78 is 0. The Bertz CT molecular complexity index is 265. The maximum Gasteiger partial charge on any atom is 0.0781 e. The zero-order valence-electron chi connectivity index (χ0n) is 12.8. The van der Waals surface area contributed by atoms with E-state index >= 15 is 0 Å². The van der Waals surface area contributed by atoms with Crippen molar-refractivity contribution in [1.29, 1.82) is 0 Å². The lowest BCUT2D eigenvalue weighted by molar-refractivity contribution is 0.159. The Morgan fingerprint density at radius 2 is 1.65 bits per heavy atom. The molecule has 5 nitrogen and oxygen atoms in total. The topological polar surface area (TPSA) is 66.0 Å². The van der Waals surface area contributed by atoms with Crippen molar-refractivity contribution in [2.45, 2.75) is 70.3 Å². The van der Waals surface area contributed by atoms with Crippen LogP contribution in [0.5, 0.6) is 0 Å². The van der Waals surface area contributed by atoms with Crippen molar-refractivity contribution >= 4 is 0 Å². The fourth-order valence-corrected chi connectivity index (χ4v) is 3.26.